The van der Waals surface area contributed by atoms with Gasteiger partial charge in [0.2, 0.25) is 5.88 Å². The van der Waals surface area contributed by atoms with E-state index < -0.39 is 0 Å². The molecule has 2 aliphatic carbocycles. The Morgan fingerprint density at radius 1 is 1.31 bits per heavy atom. The van der Waals surface area contributed by atoms with E-state index in [1.54, 1.807) is 10.9 Å². The summed E-state index contributed by atoms with van der Waals surface area (Å²) in [5.74, 6) is 1.68. The number of tetrazole rings is 1. The molecule has 2 saturated carbocycles. The predicted octanol–water partition coefficient (Wildman–Crippen LogP) is 2.25. The fraction of sp³-hybridized carbons (Fsp3) is 0.682. The largest absolute Gasteiger partial charge is 0.477 e. The number of hydrogen-bond acceptors (Lipinski definition) is 8. The number of nitrogens with two attached hydrogens (primary N) is 1. The molecule has 1 saturated heterocycles. The fourth-order valence-electron chi connectivity index (χ4n) is 4.75. The first-order chi connectivity index (χ1) is 15.4. The average molecular weight is 442 g/mol. The maximum atomic E-state index is 12.3. The van der Waals surface area contributed by atoms with Gasteiger partial charge in [-0.1, -0.05) is 0 Å². The van der Waals surface area contributed by atoms with Gasteiger partial charge in [-0.15, -0.1) is 5.10 Å². The van der Waals surface area contributed by atoms with Gasteiger partial charge in [-0.05, 0) is 80.7 Å². The Labute approximate surface area is 187 Å². The summed E-state index contributed by atoms with van der Waals surface area (Å²) in [4.78, 5) is 18.6. The lowest BCUT2D eigenvalue weighted by molar-refractivity contribution is 0.0472. The second kappa shape index (κ2) is 7.99. The topological polar surface area (TPSA) is 121 Å². The van der Waals surface area contributed by atoms with Gasteiger partial charge >= 0.3 is 6.09 Å². The van der Waals surface area contributed by atoms with E-state index in [1.807, 2.05) is 24.8 Å². The molecule has 2 aromatic heterocycles. The number of amides is 1. The second-order valence-corrected chi connectivity index (χ2v) is 9.85. The minimum atomic E-state index is -0.210. The number of carbonyl (C=O) groups excluding carboxylic acids is 1. The van der Waals surface area contributed by atoms with Crippen molar-refractivity contribution in [3.63, 3.8) is 0 Å². The Hall–Kier alpha value is -2.75. The van der Waals surface area contributed by atoms with Crippen molar-refractivity contribution >= 4 is 6.09 Å². The van der Waals surface area contributed by atoms with Crippen LogP contribution in [0, 0.1) is 18.8 Å². The highest BCUT2D eigenvalue weighted by molar-refractivity contribution is 5.68. The molecule has 0 aromatic carbocycles. The molecule has 2 atom stereocenters. The van der Waals surface area contributed by atoms with Crippen LogP contribution in [0.5, 0.6) is 5.88 Å². The summed E-state index contributed by atoms with van der Waals surface area (Å²) in [6, 6.07) is 1.94. The van der Waals surface area contributed by atoms with Gasteiger partial charge in [0.25, 0.3) is 0 Å². The summed E-state index contributed by atoms with van der Waals surface area (Å²) in [5, 5.41) is 11.2. The first-order valence-corrected chi connectivity index (χ1v) is 11.4. The zero-order chi connectivity index (χ0) is 22.3. The maximum Gasteiger partial charge on any atom is 0.410 e. The van der Waals surface area contributed by atoms with Gasteiger partial charge in [0, 0.05) is 24.2 Å². The number of piperidine rings is 1. The highest BCUT2D eigenvalue weighted by Gasteiger charge is 2.54. The third kappa shape index (κ3) is 4.41. The fourth-order valence-corrected chi connectivity index (χ4v) is 4.75. The molecule has 3 aliphatic rings. The molecule has 0 spiro atoms. The summed E-state index contributed by atoms with van der Waals surface area (Å²) < 4.78 is 13.1. The molecule has 0 radical (unpaired) electrons. The number of rotatable bonds is 7. The van der Waals surface area contributed by atoms with Crippen LogP contribution in [0.1, 0.15) is 51.0 Å². The molecule has 3 heterocycles. The smallest absolute Gasteiger partial charge is 0.410 e. The van der Waals surface area contributed by atoms with Crippen molar-refractivity contribution in [3.05, 3.63) is 24.2 Å². The average Bonchev–Trinajstić information content (AvgIpc) is 3.58. The van der Waals surface area contributed by atoms with Gasteiger partial charge in [-0.25, -0.2) is 9.78 Å². The molecular formula is C22H31N7O3. The zero-order valence-electron chi connectivity index (χ0n) is 18.7. The monoisotopic (exact) mass is 441 g/mol. The first-order valence-electron chi connectivity index (χ1n) is 11.4. The van der Waals surface area contributed by atoms with Crippen molar-refractivity contribution in [3.8, 4) is 11.6 Å². The van der Waals surface area contributed by atoms with E-state index in [0.29, 0.717) is 24.3 Å². The van der Waals surface area contributed by atoms with E-state index in [1.165, 1.54) is 6.33 Å². The lowest BCUT2D eigenvalue weighted by Gasteiger charge is -2.33. The van der Waals surface area contributed by atoms with Crippen LogP contribution >= 0.6 is 0 Å². The van der Waals surface area contributed by atoms with Gasteiger partial charge < -0.3 is 20.1 Å². The van der Waals surface area contributed by atoms with Crippen LogP contribution in [0.25, 0.3) is 5.69 Å². The molecule has 0 bridgehead atoms. The van der Waals surface area contributed by atoms with Crippen LogP contribution in [0.15, 0.2) is 18.6 Å². The number of pyridine rings is 1. The van der Waals surface area contributed by atoms with Crippen LogP contribution in [0.4, 0.5) is 4.79 Å². The standard InChI is InChI=1S/C22H31N7O3/c1-15-11-17(29-14-25-26-27-29)13-24-19(15)31-10-7-22(23)12-18(22)16-3-8-28(9-4-16)20(30)32-21(2)5-6-21/h11,13-14,16,18H,3-10,12,23H2,1-2H3/t18-,22+/m1/s1. The minimum Gasteiger partial charge on any atom is -0.477 e. The lowest BCUT2D eigenvalue weighted by Crippen LogP contribution is -2.42. The molecule has 32 heavy (non-hydrogen) atoms. The molecule has 10 nitrogen and oxygen atoms in total. The molecule has 0 unspecified atom stereocenters. The van der Waals surface area contributed by atoms with Crippen molar-refractivity contribution in [2.45, 2.75) is 63.5 Å². The Kier molecular flexibility index (Phi) is 5.27. The summed E-state index contributed by atoms with van der Waals surface area (Å²) >= 11 is 0. The zero-order valence-corrected chi connectivity index (χ0v) is 18.7. The highest BCUT2D eigenvalue weighted by atomic mass is 16.6. The van der Waals surface area contributed by atoms with Gasteiger partial charge in [0.1, 0.15) is 11.9 Å². The number of carbonyl (C=O) groups is 1. The van der Waals surface area contributed by atoms with Gasteiger partial charge in [-0.3, -0.25) is 0 Å². The number of nitrogens with zero attached hydrogens (tertiary/aromatic N) is 6. The van der Waals surface area contributed by atoms with Crippen molar-refractivity contribution in [1.82, 2.24) is 30.1 Å². The molecule has 1 amide bonds. The van der Waals surface area contributed by atoms with Crippen LogP contribution in [0.3, 0.4) is 0 Å². The van der Waals surface area contributed by atoms with Crippen molar-refractivity contribution in [1.29, 1.82) is 0 Å². The first kappa shape index (κ1) is 21.1. The summed E-state index contributed by atoms with van der Waals surface area (Å²) in [5.41, 5.74) is 8.00. The summed E-state index contributed by atoms with van der Waals surface area (Å²) in [7, 11) is 0. The number of hydrogen-bond donors (Lipinski definition) is 1. The Balaban J connectivity index is 1.07. The molecule has 3 fully saturated rings. The summed E-state index contributed by atoms with van der Waals surface area (Å²) in [6.07, 6.45) is 8.84. The van der Waals surface area contributed by atoms with Crippen molar-refractivity contribution in [2.75, 3.05) is 19.7 Å². The Morgan fingerprint density at radius 2 is 2.09 bits per heavy atom. The molecule has 10 heteroatoms. The number of likely N-dealkylation sites (tertiary alicyclic amines) is 1. The van der Waals surface area contributed by atoms with E-state index in [9.17, 15) is 4.79 Å². The van der Waals surface area contributed by atoms with Crippen LogP contribution < -0.4 is 10.5 Å². The summed E-state index contributed by atoms with van der Waals surface area (Å²) in [6.45, 7) is 6.02. The minimum absolute atomic E-state index is 0.152. The molecule has 2 aromatic rings. The maximum absolute atomic E-state index is 12.3. The van der Waals surface area contributed by atoms with Crippen molar-refractivity contribution < 1.29 is 14.3 Å². The van der Waals surface area contributed by atoms with Crippen LogP contribution in [-0.2, 0) is 4.74 Å². The number of aryl methyl sites for hydroxylation is 1. The second-order valence-electron chi connectivity index (χ2n) is 9.85. The van der Waals surface area contributed by atoms with E-state index in [2.05, 4.69) is 20.5 Å². The number of ether oxygens (including phenoxy) is 2. The molecule has 2 N–H and O–H groups in total. The molecule has 172 valence electrons. The lowest BCUT2D eigenvalue weighted by atomic mass is 9.89. The van der Waals surface area contributed by atoms with Gasteiger partial charge in [-0.2, -0.15) is 4.68 Å². The third-order valence-electron chi connectivity index (χ3n) is 7.27. The molecular weight excluding hydrogens is 410 g/mol. The van der Waals surface area contributed by atoms with Gasteiger partial charge in [0.15, 0.2) is 0 Å². The van der Waals surface area contributed by atoms with Crippen molar-refractivity contribution in [2.24, 2.45) is 17.6 Å². The Morgan fingerprint density at radius 3 is 2.75 bits per heavy atom. The third-order valence-corrected chi connectivity index (χ3v) is 7.27. The van der Waals surface area contributed by atoms with Gasteiger partial charge in [0.05, 0.1) is 18.5 Å². The number of aromatic nitrogens is 5. The molecule has 5 rings (SSSR count). The van der Waals surface area contributed by atoms with Crippen LogP contribution in [-0.4, -0.2) is 67.0 Å². The van der Waals surface area contributed by atoms with E-state index in [-0.39, 0.29) is 17.2 Å². The SMILES string of the molecule is Cc1cc(-n2cnnn2)cnc1OCC[C@]1(N)C[C@@H]1C1CCN(C(=O)OC2(C)CC2)CC1. The van der Waals surface area contributed by atoms with Crippen LogP contribution in [0.2, 0.25) is 0 Å². The highest BCUT2D eigenvalue weighted by Crippen LogP contribution is 2.51. The van der Waals surface area contributed by atoms with E-state index >= 15 is 0 Å². The van der Waals surface area contributed by atoms with E-state index in [0.717, 1.165) is 62.9 Å². The van der Waals surface area contributed by atoms with E-state index in [4.69, 9.17) is 15.2 Å². The molecule has 1 aliphatic heterocycles. The normalized spacial score (nSPS) is 26.6. The Bertz CT molecular complexity index is 970. The quantitative estimate of drug-likeness (QED) is 0.694. The predicted molar refractivity (Wildman–Crippen MR) is 115 cm³/mol.